The Morgan fingerprint density at radius 3 is 2.69 bits per heavy atom. The van der Waals surface area contributed by atoms with E-state index in [9.17, 15) is 14.8 Å². The van der Waals surface area contributed by atoms with E-state index in [2.05, 4.69) is 55.5 Å². The van der Waals surface area contributed by atoms with Crippen LogP contribution in [0.3, 0.4) is 0 Å². The van der Waals surface area contributed by atoms with Crippen molar-refractivity contribution >= 4 is 22.6 Å². The molecule has 9 nitrogen and oxygen atoms in total. The number of hydrogen-bond donors (Lipinski definition) is 3. The Balaban J connectivity index is 1.85. The minimum Gasteiger partial charge on any atom is -0.508 e. The van der Waals surface area contributed by atoms with Crippen LogP contribution in [0.2, 0.25) is 0 Å². The number of nitrogens with one attached hydrogen (secondary N) is 2. The van der Waals surface area contributed by atoms with Gasteiger partial charge < -0.3 is 10.0 Å². The van der Waals surface area contributed by atoms with Gasteiger partial charge in [-0.25, -0.2) is 9.37 Å². The monoisotopic (exact) mass is 478 g/mol. The van der Waals surface area contributed by atoms with Crippen LogP contribution < -0.4 is 5.43 Å². The third kappa shape index (κ3) is 5.81. The van der Waals surface area contributed by atoms with Crippen LogP contribution in [0.4, 0.5) is 4.39 Å². The second kappa shape index (κ2) is 11.5. The molecule has 0 saturated carbocycles. The maximum Gasteiger partial charge on any atom is 0.182 e. The number of fused-ring (bicyclic) bond motifs is 1. The maximum atomic E-state index is 14.5. The average molecular weight is 479 g/mol. The summed E-state index contributed by atoms with van der Waals surface area (Å²) in [7, 11) is 0. The lowest BCUT2D eigenvalue weighted by atomic mass is 9.98. The molecule has 2 aromatic heterocycles. The van der Waals surface area contributed by atoms with Gasteiger partial charge in [0.2, 0.25) is 0 Å². The van der Waals surface area contributed by atoms with Crippen LogP contribution in [0.1, 0.15) is 50.9 Å². The molecule has 2 heterocycles. The van der Waals surface area contributed by atoms with Gasteiger partial charge in [-0.3, -0.25) is 15.5 Å². The van der Waals surface area contributed by atoms with Crippen molar-refractivity contribution in [1.82, 2.24) is 25.5 Å². The number of phenolic OH excluding ortho intramolecular Hbond substituents is 1. The lowest BCUT2D eigenvalue weighted by Crippen LogP contribution is -2.24. The molecule has 0 amide bonds. The Kier molecular flexibility index (Phi) is 8.49. The Labute approximate surface area is 204 Å². The van der Waals surface area contributed by atoms with Crippen LogP contribution in [0.5, 0.6) is 5.75 Å². The molecule has 0 saturated heterocycles. The number of aliphatic imine (C=N–C) groups is 1. The van der Waals surface area contributed by atoms with Gasteiger partial charge in [-0.2, -0.15) is 15.5 Å². The standard InChI is InChI=1S/C25H31FN8O/c1-6-34(7-2)12-8-11-28-17(5)31-30-16(4)23-22-15(3)20(14-27)24(29-25(22)33-32-23)19-10-9-18(35)13-21(19)26/h9-10,13,35H,6-8,11-12H2,1-5H3,(H,28,31)(H,29,32,33)/b30-16+. The number of benzene rings is 1. The fraction of sp³-hybridized carbons (Fsp3) is 0.400. The summed E-state index contributed by atoms with van der Waals surface area (Å²) in [5.74, 6) is -0.172. The quantitative estimate of drug-likeness (QED) is 0.184. The molecule has 0 aliphatic heterocycles. The van der Waals surface area contributed by atoms with Crippen LogP contribution in [-0.4, -0.2) is 62.9 Å². The number of rotatable bonds is 9. The van der Waals surface area contributed by atoms with E-state index in [1.54, 1.807) is 6.92 Å². The fourth-order valence-corrected chi connectivity index (χ4v) is 3.86. The van der Waals surface area contributed by atoms with Crippen molar-refractivity contribution in [3.8, 4) is 23.1 Å². The molecular weight excluding hydrogens is 447 g/mol. The summed E-state index contributed by atoms with van der Waals surface area (Å²) in [6, 6.07) is 5.88. The average Bonchev–Trinajstić information content (AvgIpc) is 3.27. The summed E-state index contributed by atoms with van der Waals surface area (Å²) in [5.41, 5.74) is 5.67. The SMILES string of the molecule is CCN(CC)CCCN=C(C)N/N=C(\C)c1[nH]nc2nc(-c3ccc(O)cc3F)c(C#N)c(C)c12. The predicted molar refractivity (Wildman–Crippen MR) is 136 cm³/mol. The van der Waals surface area contributed by atoms with Crippen molar-refractivity contribution < 1.29 is 9.50 Å². The van der Waals surface area contributed by atoms with E-state index in [0.717, 1.165) is 32.1 Å². The van der Waals surface area contributed by atoms with Crippen molar-refractivity contribution in [3.05, 3.63) is 40.8 Å². The number of aromatic nitrogens is 3. The first-order valence-corrected chi connectivity index (χ1v) is 11.6. The highest BCUT2D eigenvalue weighted by molar-refractivity contribution is 6.09. The van der Waals surface area contributed by atoms with E-state index in [1.807, 2.05) is 13.8 Å². The molecule has 10 heteroatoms. The molecule has 1 aromatic carbocycles. The molecule has 0 radical (unpaired) electrons. The molecule has 0 bridgehead atoms. The third-order valence-corrected chi connectivity index (χ3v) is 5.89. The summed E-state index contributed by atoms with van der Waals surface area (Å²) >= 11 is 0. The summed E-state index contributed by atoms with van der Waals surface area (Å²) in [6.07, 6.45) is 0.973. The first-order chi connectivity index (χ1) is 16.8. The van der Waals surface area contributed by atoms with E-state index in [-0.39, 0.29) is 22.6 Å². The summed E-state index contributed by atoms with van der Waals surface area (Å²) in [4.78, 5) is 11.3. The van der Waals surface area contributed by atoms with Crippen molar-refractivity contribution in [1.29, 1.82) is 5.26 Å². The minimum absolute atomic E-state index is 0.119. The number of nitrogens with zero attached hydrogens (tertiary/aromatic N) is 6. The molecule has 0 unspecified atom stereocenters. The van der Waals surface area contributed by atoms with E-state index in [1.165, 1.54) is 12.1 Å². The number of H-pyrrole nitrogens is 1. The Bertz CT molecular complexity index is 1300. The second-order valence-corrected chi connectivity index (χ2v) is 8.19. The number of hydrogen-bond acceptors (Lipinski definition) is 7. The highest BCUT2D eigenvalue weighted by Crippen LogP contribution is 2.32. The zero-order valence-corrected chi connectivity index (χ0v) is 20.8. The summed E-state index contributed by atoms with van der Waals surface area (Å²) in [5, 5.41) is 31.6. The molecule has 3 rings (SSSR count). The van der Waals surface area contributed by atoms with Gasteiger partial charge in [0.15, 0.2) is 5.65 Å². The lowest BCUT2D eigenvalue weighted by Gasteiger charge is -2.16. The molecule has 3 N–H and O–H groups in total. The second-order valence-electron chi connectivity index (χ2n) is 8.19. The zero-order chi connectivity index (χ0) is 25.5. The number of pyridine rings is 1. The van der Waals surface area contributed by atoms with E-state index in [0.29, 0.717) is 40.4 Å². The largest absolute Gasteiger partial charge is 0.508 e. The number of aromatic hydroxyl groups is 1. The van der Waals surface area contributed by atoms with Crippen molar-refractivity contribution in [3.63, 3.8) is 0 Å². The zero-order valence-electron chi connectivity index (χ0n) is 20.8. The molecule has 3 aromatic rings. The highest BCUT2D eigenvalue weighted by atomic mass is 19.1. The van der Waals surface area contributed by atoms with Crippen molar-refractivity contribution in [2.24, 2.45) is 10.1 Å². The molecular formula is C25H31FN8O. The molecule has 0 fully saturated rings. The summed E-state index contributed by atoms with van der Waals surface area (Å²) < 4.78 is 14.5. The molecule has 0 spiro atoms. The van der Waals surface area contributed by atoms with Crippen LogP contribution in [0.15, 0.2) is 28.3 Å². The Morgan fingerprint density at radius 1 is 1.29 bits per heavy atom. The molecule has 0 atom stereocenters. The maximum absolute atomic E-state index is 14.5. The first-order valence-electron chi connectivity index (χ1n) is 11.6. The van der Waals surface area contributed by atoms with Gasteiger partial charge in [0, 0.05) is 18.2 Å². The number of hydrazone groups is 1. The molecule has 0 aliphatic carbocycles. The van der Waals surface area contributed by atoms with Crippen LogP contribution in [-0.2, 0) is 0 Å². The number of amidine groups is 1. The molecule has 184 valence electrons. The third-order valence-electron chi connectivity index (χ3n) is 5.89. The topological polar surface area (TPSA) is 126 Å². The lowest BCUT2D eigenvalue weighted by molar-refractivity contribution is 0.302. The Morgan fingerprint density at radius 2 is 2.03 bits per heavy atom. The summed E-state index contributed by atoms with van der Waals surface area (Å²) in [6.45, 7) is 13.5. The number of aromatic amines is 1. The smallest absolute Gasteiger partial charge is 0.182 e. The van der Waals surface area contributed by atoms with Gasteiger partial charge in [-0.05, 0) is 64.5 Å². The van der Waals surface area contributed by atoms with Gasteiger partial charge in [0.05, 0.1) is 28.0 Å². The van der Waals surface area contributed by atoms with Gasteiger partial charge >= 0.3 is 0 Å². The molecule has 35 heavy (non-hydrogen) atoms. The number of halogens is 1. The highest BCUT2D eigenvalue weighted by Gasteiger charge is 2.21. The number of phenols is 1. The molecule has 0 aliphatic rings. The van der Waals surface area contributed by atoms with Crippen LogP contribution in [0, 0.1) is 24.1 Å². The van der Waals surface area contributed by atoms with Crippen LogP contribution in [0.25, 0.3) is 22.3 Å². The predicted octanol–water partition coefficient (Wildman–Crippen LogP) is 4.11. The van der Waals surface area contributed by atoms with Crippen molar-refractivity contribution in [2.45, 2.75) is 41.0 Å². The van der Waals surface area contributed by atoms with E-state index < -0.39 is 5.82 Å². The first kappa shape index (κ1) is 25.8. The minimum atomic E-state index is -0.669. The van der Waals surface area contributed by atoms with Gasteiger partial charge in [-0.15, -0.1) is 0 Å². The fourth-order valence-electron chi connectivity index (χ4n) is 3.86. The van der Waals surface area contributed by atoms with Gasteiger partial charge in [0.25, 0.3) is 0 Å². The van der Waals surface area contributed by atoms with Crippen molar-refractivity contribution in [2.75, 3.05) is 26.2 Å². The number of nitriles is 1. The van der Waals surface area contributed by atoms with Crippen LogP contribution >= 0.6 is 0 Å². The van der Waals surface area contributed by atoms with E-state index in [4.69, 9.17) is 0 Å². The van der Waals surface area contributed by atoms with Gasteiger partial charge in [0.1, 0.15) is 23.5 Å². The van der Waals surface area contributed by atoms with Gasteiger partial charge in [-0.1, -0.05) is 13.8 Å². The van der Waals surface area contributed by atoms with E-state index >= 15 is 0 Å². The number of aryl methyl sites for hydroxylation is 1. The Hall–Kier alpha value is -3.84. The normalized spacial score (nSPS) is 12.4.